The minimum absolute atomic E-state index is 0.472. The number of hydrogen-bond donors (Lipinski definition) is 1. The lowest BCUT2D eigenvalue weighted by molar-refractivity contribution is 0.304. The lowest BCUT2D eigenvalue weighted by Crippen LogP contribution is -2.21. The highest BCUT2D eigenvalue weighted by Gasteiger charge is 2.19. The summed E-state index contributed by atoms with van der Waals surface area (Å²) < 4.78 is 0. The summed E-state index contributed by atoms with van der Waals surface area (Å²) in [6, 6.07) is 0.472. The van der Waals surface area contributed by atoms with Gasteiger partial charge in [-0.25, -0.2) is 4.98 Å². The second kappa shape index (κ2) is 5.61. The van der Waals surface area contributed by atoms with Crippen molar-refractivity contribution in [2.45, 2.75) is 44.6 Å². The number of rotatable bonds is 4. The number of nitrogens with one attached hydrogen (secondary N) is 1. The van der Waals surface area contributed by atoms with Gasteiger partial charge in [-0.05, 0) is 19.4 Å². The summed E-state index contributed by atoms with van der Waals surface area (Å²) in [4.78, 5) is 4.41. The first kappa shape index (κ1) is 11.1. The quantitative estimate of drug-likeness (QED) is 0.848. The zero-order valence-corrected chi connectivity index (χ0v) is 10.2. The fourth-order valence-corrected chi connectivity index (χ4v) is 3.14. The third-order valence-electron chi connectivity index (χ3n) is 3.45. The molecule has 0 spiro atoms. The Morgan fingerprint density at radius 2 is 2.27 bits per heavy atom. The maximum absolute atomic E-state index is 4.41. The van der Waals surface area contributed by atoms with Crippen LogP contribution in [0.25, 0.3) is 0 Å². The van der Waals surface area contributed by atoms with Crippen molar-refractivity contribution in [3.05, 3.63) is 16.6 Å². The van der Waals surface area contributed by atoms with Crippen LogP contribution in [0.2, 0.25) is 0 Å². The van der Waals surface area contributed by atoms with Gasteiger partial charge in [0.2, 0.25) is 0 Å². The van der Waals surface area contributed by atoms with E-state index in [2.05, 4.69) is 15.7 Å². The van der Waals surface area contributed by atoms with Crippen LogP contribution in [-0.4, -0.2) is 12.0 Å². The molecule has 1 heterocycles. The number of hydrogen-bond acceptors (Lipinski definition) is 3. The monoisotopic (exact) mass is 224 g/mol. The molecule has 0 amide bonds. The SMILES string of the molecule is CNC(CC1CCCCC1)c1cscn1. The van der Waals surface area contributed by atoms with Crippen LogP contribution >= 0.6 is 11.3 Å². The van der Waals surface area contributed by atoms with Crippen molar-refractivity contribution >= 4 is 11.3 Å². The van der Waals surface area contributed by atoms with Gasteiger partial charge in [-0.15, -0.1) is 11.3 Å². The molecule has 0 aromatic carbocycles. The Labute approximate surface area is 96.1 Å². The molecule has 0 bridgehead atoms. The van der Waals surface area contributed by atoms with Gasteiger partial charge >= 0.3 is 0 Å². The first-order chi connectivity index (χ1) is 7.40. The molecular formula is C12H20N2S. The Kier molecular flexibility index (Phi) is 4.15. The van der Waals surface area contributed by atoms with Crippen LogP contribution in [0.5, 0.6) is 0 Å². The Balaban J connectivity index is 1.90. The highest BCUT2D eigenvalue weighted by molar-refractivity contribution is 7.07. The van der Waals surface area contributed by atoms with E-state index in [9.17, 15) is 0 Å². The van der Waals surface area contributed by atoms with Crippen LogP contribution < -0.4 is 5.32 Å². The van der Waals surface area contributed by atoms with Crippen LogP contribution in [-0.2, 0) is 0 Å². The summed E-state index contributed by atoms with van der Waals surface area (Å²) >= 11 is 1.69. The molecule has 1 aliphatic carbocycles. The molecule has 1 aromatic heterocycles. The van der Waals surface area contributed by atoms with Gasteiger partial charge < -0.3 is 5.32 Å². The Bertz CT molecular complexity index is 265. The van der Waals surface area contributed by atoms with Crippen LogP contribution in [0, 0.1) is 5.92 Å². The van der Waals surface area contributed by atoms with Gasteiger partial charge in [0.1, 0.15) is 0 Å². The molecule has 1 unspecified atom stereocenters. The minimum Gasteiger partial charge on any atom is -0.312 e. The number of nitrogens with zero attached hydrogens (tertiary/aromatic N) is 1. The van der Waals surface area contributed by atoms with E-state index in [1.54, 1.807) is 11.3 Å². The first-order valence-corrected chi connectivity index (χ1v) is 6.90. The van der Waals surface area contributed by atoms with Crippen LogP contribution in [0.3, 0.4) is 0 Å². The topological polar surface area (TPSA) is 24.9 Å². The van der Waals surface area contributed by atoms with Gasteiger partial charge in [-0.1, -0.05) is 32.1 Å². The zero-order chi connectivity index (χ0) is 10.5. The Morgan fingerprint density at radius 1 is 1.47 bits per heavy atom. The summed E-state index contributed by atoms with van der Waals surface area (Å²) in [5.74, 6) is 0.915. The van der Waals surface area contributed by atoms with E-state index >= 15 is 0 Å². The predicted molar refractivity (Wildman–Crippen MR) is 65.1 cm³/mol. The predicted octanol–water partition coefficient (Wildman–Crippen LogP) is 3.37. The summed E-state index contributed by atoms with van der Waals surface area (Å²) in [6.07, 6.45) is 8.40. The van der Waals surface area contributed by atoms with Crippen molar-refractivity contribution in [1.82, 2.24) is 10.3 Å². The second-order valence-corrected chi connectivity index (χ2v) is 5.21. The van der Waals surface area contributed by atoms with Crippen molar-refractivity contribution in [1.29, 1.82) is 0 Å². The van der Waals surface area contributed by atoms with Gasteiger partial charge in [0.15, 0.2) is 0 Å². The molecule has 84 valence electrons. The maximum Gasteiger partial charge on any atom is 0.0795 e. The Morgan fingerprint density at radius 3 is 2.87 bits per heavy atom. The fraction of sp³-hybridized carbons (Fsp3) is 0.750. The molecule has 2 rings (SSSR count). The summed E-state index contributed by atoms with van der Waals surface area (Å²) in [5.41, 5.74) is 3.16. The molecule has 1 saturated carbocycles. The van der Waals surface area contributed by atoms with E-state index < -0.39 is 0 Å². The molecular weight excluding hydrogens is 204 g/mol. The Hall–Kier alpha value is -0.410. The molecule has 0 radical (unpaired) electrons. The molecule has 15 heavy (non-hydrogen) atoms. The molecule has 0 aliphatic heterocycles. The normalized spacial score (nSPS) is 20.3. The van der Waals surface area contributed by atoms with Crippen molar-refractivity contribution in [2.75, 3.05) is 7.05 Å². The molecule has 1 aliphatic rings. The minimum atomic E-state index is 0.472. The average molecular weight is 224 g/mol. The van der Waals surface area contributed by atoms with Crippen LogP contribution in [0.15, 0.2) is 10.9 Å². The molecule has 3 heteroatoms. The molecule has 0 saturated heterocycles. The van der Waals surface area contributed by atoms with Gasteiger partial charge in [0.05, 0.1) is 17.2 Å². The number of thiazole rings is 1. The summed E-state index contributed by atoms with van der Waals surface area (Å²) in [5, 5.41) is 5.57. The largest absolute Gasteiger partial charge is 0.312 e. The molecule has 2 nitrogen and oxygen atoms in total. The fourth-order valence-electron chi connectivity index (χ4n) is 2.54. The van der Waals surface area contributed by atoms with E-state index in [1.807, 2.05) is 12.6 Å². The van der Waals surface area contributed by atoms with E-state index in [1.165, 1.54) is 44.2 Å². The maximum atomic E-state index is 4.41. The molecule has 1 fully saturated rings. The highest BCUT2D eigenvalue weighted by Crippen LogP contribution is 2.31. The van der Waals surface area contributed by atoms with Gasteiger partial charge in [0.25, 0.3) is 0 Å². The van der Waals surface area contributed by atoms with Crippen LogP contribution in [0.1, 0.15) is 50.3 Å². The summed E-state index contributed by atoms with van der Waals surface area (Å²) in [7, 11) is 2.05. The second-order valence-electron chi connectivity index (χ2n) is 4.49. The van der Waals surface area contributed by atoms with Crippen molar-refractivity contribution in [2.24, 2.45) is 5.92 Å². The third-order valence-corrected chi connectivity index (χ3v) is 4.06. The first-order valence-electron chi connectivity index (χ1n) is 5.95. The summed E-state index contributed by atoms with van der Waals surface area (Å²) in [6.45, 7) is 0. The van der Waals surface area contributed by atoms with Crippen molar-refractivity contribution in [3.63, 3.8) is 0 Å². The molecule has 1 aromatic rings. The molecule has 1 atom stereocenters. The lowest BCUT2D eigenvalue weighted by Gasteiger charge is -2.25. The van der Waals surface area contributed by atoms with E-state index in [-0.39, 0.29) is 0 Å². The average Bonchev–Trinajstić information content (AvgIpc) is 2.81. The zero-order valence-electron chi connectivity index (χ0n) is 9.41. The third kappa shape index (κ3) is 3.02. The van der Waals surface area contributed by atoms with Gasteiger partial charge in [-0.3, -0.25) is 0 Å². The standard InChI is InChI=1S/C12H20N2S/c1-13-11(12-8-15-9-14-12)7-10-5-3-2-4-6-10/h8-11,13H,2-7H2,1H3. The van der Waals surface area contributed by atoms with E-state index in [0.717, 1.165) is 5.92 Å². The van der Waals surface area contributed by atoms with Gasteiger partial charge in [-0.2, -0.15) is 0 Å². The molecule has 1 N–H and O–H groups in total. The number of aromatic nitrogens is 1. The van der Waals surface area contributed by atoms with E-state index in [4.69, 9.17) is 0 Å². The van der Waals surface area contributed by atoms with Crippen molar-refractivity contribution in [3.8, 4) is 0 Å². The lowest BCUT2D eigenvalue weighted by atomic mass is 9.84. The van der Waals surface area contributed by atoms with Crippen molar-refractivity contribution < 1.29 is 0 Å². The highest BCUT2D eigenvalue weighted by atomic mass is 32.1. The smallest absolute Gasteiger partial charge is 0.0795 e. The van der Waals surface area contributed by atoms with Crippen LogP contribution in [0.4, 0.5) is 0 Å². The van der Waals surface area contributed by atoms with Gasteiger partial charge in [0, 0.05) is 5.38 Å². The van der Waals surface area contributed by atoms with E-state index in [0.29, 0.717) is 6.04 Å².